The van der Waals surface area contributed by atoms with Crippen LogP contribution in [0.25, 0.3) is 0 Å². The molecule has 27 heavy (non-hydrogen) atoms. The number of nitrogens with one attached hydrogen (secondary N) is 1. The van der Waals surface area contributed by atoms with E-state index in [1.165, 1.54) is 45.5 Å². The fourth-order valence-electron chi connectivity index (χ4n) is 2.08. The predicted molar refractivity (Wildman–Crippen MR) is 99.6 cm³/mol. The topological polar surface area (TPSA) is 75.7 Å². The fraction of sp³-hybridized carbons (Fsp3) is 0.235. The van der Waals surface area contributed by atoms with E-state index in [0.717, 1.165) is 28.2 Å². The van der Waals surface area contributed by atoms with Gasteiger partial charge in [-0.3, -0.25) is 4.79 Å². The summed E-state index contributed by atoms with van der Waals surface area (Å²) < 4.78 is 57.2. The molecule has 0 saturated carbocycles. The lowest BCUT2D eigenvalue weighted by molar-refractivity contribution is -0.113. The van der Waals surface area contributed by atoms with E-state index in [1.54, 1.807) is 0 Å². The number of sulfonamides is 1. The van der Waals surface area contributed by atoms with Crippen molar-refractivity contribution in [3.63, 3.8) is 0 Å². The lowest BCUT2D eigenvalue weighted by atomic mass is 10.3. The summed E-state index contributed by atoms with van der Waals surface area (Å²) in [4.78, 5) is 12.3. The Morgan fingerprint density at radius 2 is 1.89 bits per heavy atom. The molecule has 0 unspecified atom stereocenters. The van der Waals surface area contributed by atoms with Gasteiger partial charge in [-0.15, -0.1) is 11.8 Å². The van der Waals surface area contributed by atoms with Crippen LogP contribution in [0.2, 0.25) is 0 Å². The van der Waals surface area contributed by atoms with E-state index in [2.05, 4.69) is 5.32 Å². The lowest BCUT2D eigenvalue weighted by Crippen LogP contribution is -2.22. The molecule has 6 nitrogen and oxygen atoms in total. The molecule has 0 heterocycles. The maximum absolute atomic E-state index is 13.6. The Balaban J connectivity index is 2.16. The molecule has 0 atom stereocenters. The summed E-state index contributed by atoms with van der Waals surface area (Å²) >= 11 is 0.890. The molecule has 146 valence electrons. The van der Waals surface area contributed by atoms with Crippen molar-refractivity contribution in [1.82, 2.24) is 4.31 Å². The minimum Gasteiger partial charge on any atom is -0.495 e. The van der Waals surface area contributed by atoms with Crippen LogP contribution in [0.5, 0.6) is 5.75 Å². The third kappa shape index (κ3) is 5.18. The summed E-state index contributed by atoms with van der Waals surface area (Å²) in [5.74, 6) is -1.84. The van der Waals surface area contributed by atoms with E-state index in [4.69, 9.17) is 4.74 Å². The Hall–Kier alpha value is -2.17. The van der Waals surface area contributed by atoms with Crippen LogP contribution in [0.1, 0.15) is 0 Å². The molecule has 0 spiro atoms. The average Bonchev–Trinajstić information content (AvgIpc) is 2.60. The van der Waals surface area contributed by atoms with Crippen LogP contribution in [0.4, 0.5) is 14.5 Å². The van der Waals surface area contributed by atoms with Crippen LogP contribution in [0, 0.1) is 11.6 Å². The van der Waals surface area contributed by atoms with Crippen LogP contribution in [-0.4, -0.2) is 45.6 Å². The maximum Gasteiger partial charge on any atom is 0.242 e. The molecule has 0 aliphatic heterocycles. The lowest BCUT2D eigenvalue weighted by Gasteiger charge is -2.15. The molecule has 2 aromatic rings. The highest BCUT2D eigenvalue weighted by Crippen LogP contribution is 2.29. The molecule has 0 aromatic heterocycles. The summed E-state index contributed by atoms with van der Waals surface area (Å²) in [7, 11) is 0.483. The quantitative estimate of drug-likeness (QED) is 0.703. The molecule has 1 amide bonds. The van der Waals surface area contributed by atoms with Gasteiger partial charge in [-0.2, -0.15) is 0 Å². The van der Waals surface area contributed by atoms with Gasteiger partial charge in [0.1, 0.15) is 17.4 Å². The molecule has 0 fully saturated rings. The molecule has 0 aliphatic rings. The van der Waals surface area contributed by atoms with Crippen molar-refractivity contribution in [1.29, 1.82) is 0 Å². The minimum absolute atomic E-state index is 0.0131. The normalized spacial score (nSPS) is 11.5. The number of halogens is 2. The zero-order valence-electron chi connectivity index (χ0n) is 14.8. The van der Waals surface area contributed by atoms with Crippen molar-refractivity contribution in [2.45, 2.75) is 9.79 Å². The van der Waals surface area contributed by atoms with Crippen molar-refractivity contribution in [3.05, 3.63) is 48.0 Å². The van der Waals surface area contributed by atoms with Crippen LogP contribution < -0.4 is 10.1 Å². The van der Waals surface area contributed by atoms with E-state index in [-0.39, 0.29) is 27.0 Å². The number of thioether (sulfide) groups is 1. The number of hydrogen-bond acceptors (Lipinski definition) is 5. The summed E-state index contributed by atoms with van der Waals surface area (Å²) in [6.45, 7) is 0. The summed E-state index contributed by atoms with van der Waals surface area (Å²) in [6, 6.07) is 7.16. The summed E-state index contributed by atoms with van der Waals surface area (Å²) in [5, 5.41) is 2.55. The van der Waals surface area contributed by atoms with Gasteiger partial charge in [-0.25, -0.2) is 21.5 Å². The van der Waals surface area contributed by atoms with E-state index in [9.17, 15) is 22.0 Å². The van der Waals surface area contributed by atoms with Gasteiger partial charge in [0.25, 0.3) is 0 Å². The fourth-order valence-corrected chi connectivity index (χ4v) is 3.73. The number of amides is 1. The SMILES string of the molecule is COc1ccc(S(=O)(=O)N(C)C)cc1NC(=O)CSc1ccc(F)cc1F. The number of benzene rings is 2. The number of nitrogens with zero attached hydrogens (tertiary/aromatic N) is 1. The molecular weight excluding hydrogens is 398 g/mol. The van der Waals surface area contributed by atoms with Crippen molar-refractivity contribution in [2.75, 3.05) is 32.3 Å². The average molecular weight is 416 g/mol. The molecule has 0 saturated heterocycles. The molecule has 10 heteroatoms. The van der Waals surface area contributed by atoms with Gasteiger partial charge in [-0.1, -0.05) is 0 Å². The highest BCUT2D eigenvalue weighted by atomic mass is 32.2. The van der Waals surface area contributed by atoms with Gasteiger partial charge in [-0.05, 0) is 30.3 Å². The maximum atomic E-state index is 13.6. The van der Waals surface area contributed by atoms with Crippen LogP contribution in [0.15, 0.2) is 46.2 Å². The highest BCUT2D eigenvalue weighted by Gasteiger charge is 2.20. The van der Waals surface area contributed by atoms with Crippen LogP contribution >= 0.6 is 11.8 Å². The third-order valence-corrected chi connectivity index (χ3v) is 6.34. The molecular formula is C17H18F2N2O4S2. The number of anilines is 1. The third-order valence-electron chi connectivity index (χ3n) is 3.48. The Labute approximate surface area is 160 Å². The zero-order valence-corrected chi connectivity index (χ0v) is 16.5. The molecule has 0 bridgehead atoms. The van der Waals surface area contributed by atoms with Gasteiger partial charge >= 0.3 is 0 Å². The van der Waals surface area contributed by atoms with Crippen molar-refractivity contribution in [3.8, 4) is 5.75 Å². The second-order valence-electron chi connectivity index (χ2n) is 5.56. The zero-order chi connectivity index (χ0) is 20.2. The van der Waals surface area contributed by atoms with Gasteiger partial charge in [0.2, 0.25) is 15.9 Å². The highest BCUT2D eigenvalue weighted by molar-refractivity contribution is 8.00. The molecule has 2 aromatic carbocycles. The standard InChI is InChI=1S/C17H18F2N2O4S2/c1-21(2)27(23,24)12-5-6-15(25-3)14(9-12)20-17(22)10-26-16-7-4-11(18)8-13(16)19/h4-9H,10H2,1-3H3,(H,20,22). The van der Waals surface area contributed by atoms with E-state index < -0.39 is 27.6 Å². The van der Waals surface area contributed by atoms with E-state index >= 15 is 0 Å². The van der Waals surface area contributed by atoms with Gasteiger partial charge in [0.05, 0.1) is 23.4 Å². The van der Waals surface area contributed by atoms with Crippen molar-refractivity contribution < 1.29 is 26.7 Å². The first-order valence-corrected chi connectivity index (χ1v) is 10.1. The Morgan fingerprint density at radius 3 is 2.48 bits per heavy atom. The van der Waals surface area contributed by atoms with E-state index in [0.29, 0.717) is 0 Å². The van der Waals surface area contributed by atoms with Gasteiger partial charge < -0.3 is 10.1 Å². The number of carbonyl (C=O) groups is 1. The number of hydrogen-bond donors (Lipinski definition) is 1. The molecule has 0 aliphatic carbocycles. The van der Waals surface area contributed by atoms with Gasteiger partial charge in [0.15, 0.2) is 0 Å². The Morgan fingerprint density at radius 1 is 1.19 bits per heavy atom. The number of methoxy groups -OCH3 is 1. The molecule has 2 rings (SSSR count). The monoisotopic (exact) mass is 416 g/mol. The Kier molecular flexibility index (Phi) is 6.79. The largest absolute Gasteiger partial charge is 0.495 e. The Bertz CT molecular complexity index is 950. The summed E-state index contributed by atoms with van der Waals surface area (Å²) in [6.07, 6.45) is 0. The predicted octanol–water partition coefficient (Wildman–Crippen LogP) is 2.95. The smallest absolute Gasteiger partial charge is 0.242 e. The summed E-state index contributed by atoms with van der Waals surface area (Å²) in [5.41, 5.74) is 0.172. The van der Waals surface area contributed by atoms with Crippen LogP contribution in [0.3, 0.4) is 0 Å². The number of ether oxygens (including phenoxy) is 1. The first kappa shape index (κ1) is 21.1. The second-order valence-corrected chi connectivity index (χ2v) is 8.73. The van der Waals surface area contributed by atoms with Gasteiger partial charge in [0, 0.05) is 25.1 Å². The first-order valence-electron chi connectivity index (χ1n) is 7.63. The molecule has 1 N–H and O–H groups in total. The number of rotatable bonds is 7. The number of carbonyl (C=O) groups excluding carboxylic acids is 1. The van der Waals surface area contributed by atoms with Crippen LogP contribution in [-0.2, 0) is 14.8 Å². The first-order chi connectivity index (χ1) is 12.6. The minimum atomic E-state index is -3.69. The van der Waals surface area contributed by atoms with Crippen molar-refractivity contribution >= 4 is 33.4 Å². The van der Waals surface area contributed by atoms with Crippen molar-refractivity contribution in [2.24, 2.45) is 0 Å². The molecule has 0 radical (unpaired) electrons. The van der Waals surface area contributed by atoms with E-state index in [1.807, 2.05) is 0 Å². The second kappa shape index (κ2) is 8.68.